The summed E-state index contributed by atoms with van der Waals surface area (Å²) in [6, 6.07) is 10.1. The lowest BCUT2D eigenvalue weighted by Crippen LogP contribution is -2.54. The Kier molecular flexibility index (Phi) is 4.14. The summed E-state index contributed by atoms with van der Waals surface area (Å²) >= 11 is 0. The number of benzene rings is 1. The standard InChI is InChI=1S/C25H29N5O/c1-15-7-16(2)30-23(27-15)20(14-26-30)24(31)28-21-5-3-4-6-22(21)29-25-11-17-8-18(12-25)10-19(9-17)13-25/h3-7,14,17-19,29H,8-13H2,1-2H3,(H,28,31). The first kappa shape index (κ1) is 18.8. The number of nitrogens with zero attached hydrogens (tertiary/aromatic N) is 3. The van der Waals surface area contributed by atoms with Crippen LogP contribution < -0.4 is 10.6 Å². The second-order valence-electron chi connectivity index (χ2n) is 10.2. The van der Waals surface area contributed by atoms with Crippen LogP contribution >= 0.6 is 0 Å². The van der Waals surface area contributed by atoms with Crippen LogP contribution in [0.2, 0.25) is 0 Å². The molecule has 0 saturated heterocycles. The molecule has 1 aromatic carbocycles. The van der Waals surface area contributed by atoms with Crippen molar-refractivity contribution in [3.63, 3.8) is 0 Å². The Labute approximate surface area is 182 Å². The number of hydrogen-bond donors (Lipinski definition) is 2. The largest absolute Gasteiger partial charge is 0.378 e. The Morgan fingerprint density at radius 2 is 1.68 bits per heavy atom. The maximum Gasteiger partial charge on any atom is 0.261 e. The van der Waals surface area contributed by atoms with Gasteiger partial charge < -0.3 is 10.6 Å². The van der Waals surface area contributed by atoms with Crippen LogP contribution in [-0.2, 0) is 0 Å². The monoisotopic (exact) mass is 415 g/mol. The van der Waals surface area contributed by atoms with Gasteiger partial charge in [0, 0.05) is 16.9 Å². The lowest BCUT2D eigenvalue weighted by molar-refractivity contribution is 0.0107. The highest BCUT2D eigenvalue weighted by Gasteiger charge is 2.51. The molecular weight excluding hydrogens is 386 g/mol. The van der Waals surface area contributed by atoms with E-state index in [1.807, 2.05) is 38.1 Å². The summed E-state index contributed by atoms with van der Waals surface area (Å²) in [4.78, 5) is 17.7. The van der Waals surface area contributed by atoms with Gasteiger partial charge in [-0.3, -0.25) is 4.79 Å². The van der Waals surface area contributed by atoms with Gasteiger partial charge in [0.2, 0.25) is 0 Å². The number of rotatable bonds is 4. The van der Waals surface area contributed by atoms with Crippen molar-refractivity contribution in [2.75, 3.05) is 10.6 Å². The number of aryl methyl sites for hydroxylation is 2. The first-order valence-electron chi connectivity index (χ1n) is 11.5. The van der Waals surface area contributed by atoms with Crippen LogP contribution in [-0.4, -0.2) is 26.0 Å². The number of para-hydroxylation sites is 2. The number of carbonyl (C=O) groups is 1. The minimum atomic E-state index is -0.174. The summed E-state index contributed by atoms with van der Waals surface area (Å²) in [5.74, 6) is 2.44. The van der Waals surface area contributed by atoms with Crippen molar-refractivity contribution < 1.29 is 4.79 Å². The summed E-state index contributed by atoms with van der Waals surface area (Å²) in [5, 5.41) is 11.4. The van der Waals surface area contributed by atoms with Crippen molar-refractivity contribution in [1.29, 1.82) is 0 Å². The quantitative estimate of drug-likeness (QED) is 0.630. The number of hydrogen-bond acceptors (Lipinski definition) is 4. The zero-order chi connectivity index (χ0) is 21.2. The minimum Gasteiger partial charge on any atom is -0.378 e. The molecular formula is C25H29N5O. The number of nitrogens with one attached hydrogen (secondary N) is 2. The van der Waals surface area contributed by atoms with E-state index in [9.17, 15) is 4.79 Å². The molecule has 4 bridgehead atoms. The number of carbonyl (C=O) groups excluding carboxylic acids is 1. The van der Waals surface area contributed by atoms with Gasteiger partial charge >= 0.3 is 0 Å². The predicted octanol–water partition coefficient (Wildman–Crippen LogP) is 4.98. The summed E-state index contributed by atoms with van der Waals surface area (Å²) in [6.45, 7) is 3.91. The van der Waals surface area contributed by atoms with Crippen LogP contribution in [0.5, 0.6) is 0 Å². The van der Waals surface area contributed by atoms with Crippen LogP contribution in [0.15, 0.2) is 36.5 Å². The fourth-order valence-electron chi connectivity index (χ4n) is 6.87. The van der Waals surface area contributed by atoms with Crippen molar-refractivity contribution in [2.24, 2.45) is 17.8 Å². The lowest BCUT2D eigenvalue weighted by Gasteiger charge is -2.57. The summed E-state index contributed by atoms with van der Waals surface area (Å²) in [5.41, 5.74) is 4.98. The Bertz CT molecular complexity index is 1140. The van der Waals surface area contributed by atoms with Gasteiger partial charge in [-0.05, 0) is 88.3 Å². The first-order chi connectivity index (χ1) is 15.0. The SMILES string of the molecule is Cc1cc(C)n2ncc(C(=O)Nc3ccccc3NC34CC5CC(CC(C5)C3)C4)c2n1. The second-order valence-corrected chi connectivity index (χ2v) is 10.2. The van der Waals surface area contributed by atoms with Gasteiger partial charge in [0.25, 0.3) is 5.91 Å². The van der Waals surface area contributed by atoms with E-state index in [-0.39, 0.29) is 11.4 Å². The van der Waals surface area contributed by atoms with Crippen molar-refractivity contribution in [1.82, 2.24) is 14.6 Å². The van der Waals surface area contributed by atoms with Gasteiger partial charge in [-0.15, -0.1) is 0 Å². The first-order valence-corrected chi connectivity index (χ1v) is 11.5. The fourth-order valence-corrected chi connectivity index (χ4v) is 6.87. The molecule has 1 amide bonds. The molecule has 6 nitrogen and oxygen atoms in total. The summed E-state index contributed by atoms with van der Waals surface area (Å²) in [7, 11) is 0. The maximum atomic E-state index is 13.2. The van der Waals surface area contributed by atoms with Gasteiger partial charge in [-0.1, -0.05) is 12.1 Å². The van der Waals surface area contributed by atoms with E-state index in [1.54, 1.807) is 10.7 Å². The van der Waals surface area contributed by atoms with Crippen LogP contribution in [0.3, 0.4) is 0 Å². The van der Waals surface area contributed by atoms with E-state index in [0.717, 1.165) is 40.5 Å². The van der Waals surface area contributed by atoms with Crippen LogP contribution in [0.1, 0.15) is 60.3 Å². The van der Waals surface area contributed by atoms with E-state index < -0.39 is 0 Å². The zero-order valence-electron chi connectivity index (χ0n) is 18.2. The molecule has 31 heavy (non-hydrogen) atoms. The molecule has 2 heterocycles. The van der Waals surface area contributed by atoms with E-state index in [4.69, 9.17) is 0 Å². The third kappa shape index (κ3) is 3.20. The molecule has 0 radical (unpaired) electrons. The highest BCUT2D eigenvalue weighted by molar-refractivity contribution is 6.09. The van der Waals surface area contributed by atoms with E-state index >= 15 is 0 Å². The zero-order valence-corrected chi connectivity index (χ0v) is 18.2. The van der Waals surface area contributed by atoms with E-state index in [0.29, 0.717) is 11.2 Å². The lowest BCUT2D eigenvalue weighted by atomic mass is 9.53. The molecule has 0 aliphatic heterocycles. The van der Waals surface area contributed by atoms with Gasteiger partial charge in [-0.25, -0.2) is 9.50 Å². The Morgan fingerprint density at radius 1 is 1.03 bits per heavy atom. The molecule has 0 unspecified atom stereocenters. The molecule has 4 aliphatic carbocycles. The molecule has 4 aliphatic rings. The third-order valence-electron chi connectivity index (χ3n) is 7.64. The smallest absolute Gasteiger partial charge is 0.261 e. The van der Waals surface area contributed by atoms with Gasteiger partial charge in [0.15, 0.2) is 5.65 Å². The van der Waals surface area contributed by atoms with Crippen molar-refractivity contribution >= 4 is 22.9 Å². The minimum absolute atomic E-state index is 0.174. The molecule has 0 spiro atoms. The molecule has 7 rings (SSSR count). The van der Waals surface area contributed by atoms with E-state index in [1.165, 1.54) is 38.5 Å². The molecule has 3 aromatic rings. The molecule has 160 valence electrons. The highest BCUT2D eigenvalue weighted by Crippen LogP contribution is 2.56. The highest BCUT2D eigenvalue weighted by atomic mass is 16.1. The van der Waals surface area contributed by atoms with Gasteiger partial charge in [0.1, 0.15) is 5.56 Å². The molecule has 6 heteroatoms. The van der Waals surface area contributed by atoms with Crippen LogP contribution in [0.25, 0.3) is 5.65 Å². The summed E-state index contributed by atoms with van der Waals surface area (Å²) < 4.78 is 1.72. The second kappa shape index (κ2) is 6.81. The molecule has 2 N–H and O–H groups in total. The Balaban J connectivity index is 1.28. The number of aromatic nitrogens is 3. The summed E-state index contributed by atoms with van der Waals surface area (Å²) in [6.07, 6.45) is 9.65. The van der Waals surface area contributed by atoms with Crippen molar-refractivity contribution in [3.05, 3.63) is 53.5 Å². The third-order valence-corrected chi connectivity index (χ3v) is 7.64. The van der Waals surface area contributed by atoms with E-state index in [2.05, 4.69) is 26.8 Å². The van der Waals surface area contributed by atoms with Crippen LogP contribution in [0, 0.1) is 31.6 Å². The molecule has 4 fully saturated rings. The fraction of sp³-hybridized carbons (Fsp3) is 0.480. The maximum absolute atomic E-state index is 13.2. The van der Waals surface area contributed by atoms with Crippen LogP contribution in [0.4, 0.5) is 11.4 Å². The average molecular weight is 416 g/mol. The number of fused-ring (bicyclic) bond motifs is 1. The topological polar surface area (TPSA) is 71.3 Å². The Hall–Kier alpha value is -2.89. The predicted molar refractivity (Wildman–Crippen MR) is 121 cm³/mol. The van der Waals surface area contributed by atoms with Gasteiger partial charge in [0.05, 0.1) is 17.6 Å². The molecule has 0 atom stereocenters. The van der Waals surface area contributed by atoms with Crippen molar-refractivity contribution in [2.45, 2.75) is 57.9 Å². The number of amides is 1. The normalized spacial score (nSPS) is 28.8. The molecule has 4 saturated carbocycles. The average Bonchev–Trinajstić information content (AvgIpc) is 3.12. The van der Waals surface area contributed by atoms with Crippen molar-refractivity contribution in [3.8, 4) is 0 Å². The molecule has 2 aromatic heterocycles. The Morgan fingerprint density at radius 3 is 2.35 bits per heavy atom. The number of anilines is 2. The van der Waals surface area contributed by atoms with Gasteiger partial charge in [-0.2, -0.15) is 5.10 Å².